The Kier molecular flexibility index (Phi) is 5.06. The Bertz CT molecular complexity index is 1360. The van der Waals surface area contributed by atoms with E-state index in [1.807, 2.05) is 25.1 Å². The summed E-state index contributed by atoms with van der Waals surface area (Å²) in [6, 6.07) is 7.42. The summed E-state index contributed by atoms with van der Waals surface area (Å²) >= 11 is 3.20. The number of thioether (sulfide) groups is 1. The summed E-state index contributed by atoms with van der Waals surface area (Å²) in [6.07, 6.45) is 3.15. The number of rotatable bonds is 5. The molecule has 8 heteroatoms. The van der Waals surface area contributed by atoms with Crippen molar-refractivity contribution < 1.29 is 4.42 Å². The second kappa shape index (κ2) is 7.74. The Morgan fingerprint density at radius 3 is 2.93 bits per heavy atom. The molecule has 1 aliphatic carbocycles. The van der Waals surface area contributed by atoms with Crippen LogP contribution in [-0.2, 0) is 25.9 Å². The monoisotopic (exact) mass is 441 g/mol. The molecule has 0 bridgehead atoms. The van der Waals surface area contributed by atoms with Crippen molar-refractivity contribution in [3.05, 3.63) is 55.6 Å². The van der Waals surface area contributed by atoms with E-state index in [4.69, 9.17) is 9.40 Å². The predicted molar refractivity (Wildman–Crippen MR) is 122 cm³/mol. The van der Waals surface area contributed by atoms with Crippen LogP contribution in [0.1, 0.15) is 30.7 Å². The van der Waals surface area contributed by atoms with Crippen LogP contribution in [0.4, 0.5) is 0 Å². The van der Waals surface area contributed by atoms with E-state index in [2.05, 4.69) is 6.92 Å². The van der Waals surface area contributed by atoms with Crippen molar-refractivity contribution in [2.75, 3.05) is 5.75 Å². The van der Waals surface area contributed by atoms with Crippen molar-refractivity contribution in [3.63, 3.8) is 0 Å². The summed E-state index contributed by atoms with van der Waals surface area (Å²) in [5.41, 5.74) is 2.68. The number of nitrogens with zero attached hydrogens (tertiary/aromatic N) is 3. The normalized spacial score (nSPS) is 16.4. The number of oxazole rings is 1. The minimum atomic E-state index is -0.354. The van der Waals surface area contributed by atoms with E-state index in [1.54, 1.807) is 26.5 Å². The fourth-order valence-corrected chi connectivity index (χ4v) is 6.66. The molecule has 0 saturated carbocycles. The van der Waals surface area contributed by atoms with Gasteiger partial charge in [-0.05, 0) is 49.8 Å². The van der Waals surface area contributed by atoms with Gasteiger partial charge < -0.3 is 4.42 Å². The molecule has 156 valence electrons. The Labute approximate surface area is 181 Å². The number of para-hydroxylation sites is 2. The van der Waals surface area contributed by atoms with Crippen molar-refractivity contribution in [2.45, 2.75) is 51.4 Å². The Morgan fingerprint density at radius 2 is 2.10 bits per heavy atom. The van der Waals surface area contributed by atoms with Crippen LogP contribution < -0.4 is 11.3 Å². The van der Waals surface area contributed by atoms with E-state index in [9.17, 15) is 9.59 Å². The fraction of sp³-hybridized carbons (Fsp3) is 0.409. The van der Waals surface area contributed by atoms with Crippen LogP contribution in [0.2, 0.25) is 0 Å². The number of aryl methyl sites for hydroxylation is 2. The second-order valence-corrected chi connectivity index (χ2v) is 9.96. The van der Waals surface area contributed by atoms with Crippen LogP contribution >= 0.6 is 23.1 Å². The maximum Gasteiger partial charge on any atom is 0.419 e. The summed E-state index contributed by atoms with van der Waals surface area (Å²) in [7, 11) is 0. The second-order valence-electron chi connectivity index (χ2n) is 7.81. The molecule has 0 fully saturated rings. The van der Waals surface area contributed by atoms with E-state index in [1.165, 1.54) is 22.2 Å². The first kappa shape index (κ1) is 19.6. The Morgan fingerprint density at radius 1 is 1.27 bits per heavy atom. The quantitative estimate of drug-likeness (QED) is 0.341. The zero-order chi connectivity index (χ0) is 20.8. The Hall–Kier alpha value is -2.32. The van der Waals surface area contributed by atoms with Gasteiger partial charge in [-0.1, -0.05) is 30.8 Å². The predicted octanol–water partition coefficient (Wildman–Crippen LogP) is 4.30. The summed E-state index contributed by atoms with van der Waals surface area (Å²) in [5.74, 6) is 0.938. The lowest BCUT2D eigenvalue weighted by Gasteiger charge is -2.17. The third kappa shape index (κ3) is 3.22. The number of aromatic nitrogens is 3. The molecule has 4 aromatic rings. The molecule has 1 aromatic carbocycles. The van der Waals surface area contributed by atoms with Crippen molar-refractivity contribution in [1.29, 1.82) is 0 Å². The highest BCUT2D eigenvalue weighted by molar-refractivity contribution is 7.99. The highest BCUT2D eigenvalue weighted by Gasteiger charge is 2.24. The number of fused-ring (bicyclic) bond motifs is 4. The van der Waals surface area contributed by atoms with Gasteiger partial charge in [0, 0.05) is 23.7 Å². The lowest BCUT2D eigenvalue weighted by molar-refractivity contribution is 0.509. The van der Waals surface area contributed by atoms with E-state index < -0.39 is 0 Å². The molecule has 3 aromatic heterocycles. The average Bonchev–Trinajstić information content (AvgIpc) is 3.24. The molecule has 1 aliphatic rings. The van der Waals surface area contributed by atoms with E-state index in [0.29, 0.717) is 30.3 Å². The largest absolute Gasteiger partial charge is 0.419 e. The SMILES string of the molecule is CCn1c(SCCn2c(=O)oc3ccccc32)nc2sc3c(c2c1=O)CCC(C)C3. The zero-order valence-electron chi connectivity index (χ0n) is 17.0. The maximum absolute atomic E-state index is 13.3. The minimum Gasteiger partial charge on any atom is -0.408 e. The average molecular weight is 442 g/mol. The van der Waals surface area contributed by atoms with Gasteiger partial charge in [-0.2, -0.15) is 0 Å². The van der Waals surface area contributed by atoms with Crippen molar-refractivity contribution in [3.8, 4) is 0 Å². The third-order valence-corrected chi connectivity index (χ3v) is 7.92. The summed E-state index contributed by atoms with van der Waals surface area (Å²) in [5, 5.41) is 1.55. The topological polar surface area (TPSA) is 70.0 Å². The van der Waals surface area contributed by atoms with Gasteiger partial charge in [0.15, 0.2) is 10.7 Å². The molecule has 3 heterocycles. The van der Waals surface area contributed by atoms with Crippen molar-refractivity contribution >= 4 is 44.4 Å². The molecule has 0 radical (unpaired) electrons. The van der Waals surface area contributed by atoms with Crippen LogP contribution in [0.25, 0.3) is 21.3 Å². The van der Waals surface area contributed by atoms with Gasteiger partial charge in [0.25, 0.3) is 5.56 Å². The number of hydrogen-bond acceptors (Lipinski definition) is 6. The fourth-order valence-electron chi connectivity index (χ4n) is 4.25. The summed E-state index contributed by atoms with van der Waals surface area (Å²) in [4.78, 5) is 32.5. The third-order valence-electron chi connectivity index (χ3n) is 5.82. The Balaban J connectivity index is 1.46. The van der Waals surface area contributed by atoms with E-state index in [-0.39, 0.29) is 11.3 Å². The molecule has 0 spiro atoms. The van der Waals surface area contributed by atoms with Crippen LogP contribution in [0.15, 0.2) is 43.4 Å². The highest BCUT2D eigenvalue weighted by Crippen LogP contribution is 2.36. The minimum absolute atomic E-state index is 0.0722. The molecule has 5 rings (SSSR count). The first-order valence-corrected chi connectivity index (χ1v) is 12.1. The smallest absolute Gasteiger partial charge is 0.408 e. The van der Waals surface area contributed by atoms with Crippen LogP contribution in [-0.4, -0.2) is 19.9 Å². The highest BCUT2D eigenvalue weighted by atomic mass is 32.2. The molecule has 1 unspecified atom stereocenters. The molecule has 0 amide bonds. The van der Waals surface area contributed by atoms with Crippen molar-refractivity contribution in [1.82, 2.24) is 14.1 Å². The summed E-state index contributed by atoms with van der Waals surface area (Å²) < 4.78 is 8.72. The first-order chi connectivity index (χ1) is 14.6. The lowest BCUT2D eigenvalue weighted by atomic mass is 9.89. The van der Waals surface area contributed by atoms with Gasteiger partial charge >= 0.3 is 5.76 Å². The molecule has 0 aliphatic heterocycles. The van der Waals surface area contributed by atoms with Crippen LogP contribution in [0.5, 0.6) is 0 Å². The molecular formula is C22H23N3O3S2. The molecule has 1 atom stereocenters. The van der Waals surface area contributed by atoms with Gasteiger partial charge in [0.05, 0.1) is 10.9 Å². The number of benzene rings is 1. The summed E-state index contributed by atoms with van der Waals surface area (Å²) in [6.45, 7) is 5.33. The maximum atomic E-state index is 13.3. The molecule has 0 saturated heterocycles. The van der Waals surface area contributed by atoms with Gasteiger partial charge in [-0.25, -0.2) is 9.78 Å². The molecule has 6 nitrogen and oxygen atoms in total. The zero-order valence-corrected chi connectivity index (χ0v) is 18.6. The van der Waals surface area contributed by atoms with Gasteiger partial charge in [0.2, 0.25) is 0 Å². The standard InChI is InChI=1S/C22H23N3O3S2/c1-3-24-20(26)18-14-9-8-13(2)12-17(14)30-19(18)23-21(24)29-11-10-25-15-6-4-5-7-16(15)28-22(25)27/h4-7,13H,3,8-12H2,1-2H3. The number of thiophene rings is 1. The first-order valence-electron chi connectivity index (χ1n) is 10.3. The number of hydrogen-bond donors (Lipinski definition) is 0. The van der Waals surface area contributed by atoms with Crippen LogP contribution in [0, 0.1) is 5.92 Å². The van der Waals surface area contributed by atoms with Gasteiger partial charge in [-0.15, -0.1) is 11.3 Å². The van der Waals surface area contributed by atoms with Gasteiger partial charge in [-0.3, -0.25) is 13.9 Å². The van der Waals surface area contributed by atoms with Crippen molar-refractivity contribution in [2.24, 2.45) is 5.92 Å². The van der Waals surface area contributed by atoms with Crippen LogP contribution in [0.3, 0.4) is 0 Å². The van der Waals surface area contributed by atoms with Gasteiger partial charge in [0.1, 0.15) is 4.83 Å². The lowest BCUT2D eigenvalue weighted by Crippen LogP contribution is -2.23. The molecule has 30 heavy (non-hydrogen) atoms. The molecular weight excluding hydrogens is 418 g/mol. The van der Waals surface area contributed by atoms with E-state index >= 15 is 0 Å². The van der Waals surface area contributed by atoms with E-state index in [0.717, 1.165) is 40.2 Å². The molecule has 0 N–H and O–H groups in total.